The van der Waals surface area contributed by atoms with Gasteiger partial charge in [-0.3, -0.25) is 19.6 Å². The first kappa shape index (κ1) is 24.0. The molecule has 3 rings (SSSR count). The molecular weight excluding hydrogens is 470 g/mol. The molecule has 0 radical (unpaired) electrons. The summed E-state index contributed by atoms with van der Waals surface area (Å²) in [6, 6.07) is 14.1. The highest BCUT2D eigenvalue weighted by molar-refractivity contribution is 7.92. The van der Waals surface area contributed by atoms with E-state index in [1.54, 1.807) is 32.0 Å². The standard InChI is InChI=1S/C22H20ClN3O6S/c1-3-32-21-10-9-18(13-20(21)24-22(27)15-5-4-6-16(23)11-15)33(30,31)25-19-12-17(26(28)29)8-7-14(19)2/h4-13,25H,3H2,1-2H3,(H,24,27). The Hall–Kier alpha value is -3.63. The van der Waals surface area contributed by atoms with Crippen LogP contribution in [0.2, 0.25) is 5.02 Å². The normalized spacial score (nSPS) is 11.0. The number of amides is 1. The first-order valence-electron chi connectivity index (χ1n) is 9.72. The number of nitrogens with one attached hydrogen (secondary N) is 2. The number of carbonyl (C=O) groups excluding carboxylic acids is 1. The fourth-order valence-corrected chi connectivity index (χ4v) is 4.25. The summed E-state index contributed by atoms with van der Waals surface area (Å²) in [6.07, 6.45) is 0. The largest absolute Gasteiger partial charge is 0.492 e. The minimum atomic E-state index is -4.14. The van der Waals surface area contributed by atoms with Gasteiger partial charge in [-0.05, 0) is 55.8 Å². The Kier molecular flexibility index (Phi) is 7.19. The van der Waals surface area contributed by atoms with Crippen LogP contribution in [0.4, 0.5) is 17.1 Å². The second-order valence-electron chi connectivity index (χ2n) is 6.92. The molecule has 0 saturated carbocycles. The molecule has 0 atom stereocenters. The molecule has 3 aromatic carbocycles. The summed E-state index contributed by atoms with van der Waals surface area (Å²) in [7, 11) is -4.14. The van der Waals surface area contributed by atoms with Crippen LogP contribution in [0, 0.1) is 17.0 Å². The van der Waals surface area contributed by atoms with E-state index in [9.17, 15) is 23.3 Å². The molecule has 0 aliphatic heterocycles. The Morgan fingerprint density at radius 2 is 1.85 bits per heavy atom. The minimum Gasteiger partial charge on any atom is -0.492 e. The second kappa shape index (κ2) is 9.88. The first-order valence-corrected chi connectivity index (χ1v) is 11.6. The van der Waals surface area contributed by atoms with Crippen molar-refractivity contribution in [2.45, 2.75) is 18.7 Å². The molecule has 9 nitrogen and oxygen atoms in total. The molecule has 0 aliphatic carbocycles. The molecule has 0 saturated heterocycles. The molecular formula is C22H20ClN3O6S. The maximum absolute atomic E-state index is 13.0. The van der Waals surface area contributed by atoms with E-state index in [4.69, 9.17) is 16.3 Å². The highest BCUT2D eigenvalue weighted by Gasteiger charge is 2.20. The Morgan fingerprint density at radius 3 is 2.52 bits per heavy atom. The molecule has 0 heterocycles. The van der Waals surface area contributed by atoms with Crippen molar-refractivity contribution in [3.63, 3.8) is 0 Å². The Bertz CT molecular complexity index is 1330. The van der Waals surface area contributed by atoms with Gasteiger partial charge in [0.1, 0.15) is 5.75 Å². The molecule has 11 heteroatoms. The number of anilines is 2. The van der Waals surface area contributed by atoms with Crippen LogP contribution in [-0.4, -0.2) is 25.9 Å². The maximum Gasteiger partial charge on any atom is 0.271 e. The molecule has 0 unspecified atom stereocenters. The smallest absolute Gasteiger partial charge is 0.271 e. The number of hydrogen-bond donors (Lipinski definition) is 2. The fourth-order valence-electron chi connectivity index (χ4n) is 2.92. The third-order valence-electron chi connectivity index (χ3n) is 4.57. The minimum absolute atomic E-state index is 0.0718. The fraction of sp³-hybridized carbons (Fsp3) is 0.136. The number of nitro benzene ring substituents is 1. The molecule has 0 fully saturated rings. The monoisotopic (exact) mass is 489 g/mol. The number of ether oxygens (including phenoxy) is 1. The lowest BCUT2D eigenvalue weighted by molar-refractivity contribution is -0.384. The summed E-state index contributed by atoms with van der Waals surface area (Å²) in [5.41, 5.74) is 0.746. The summed E-state index contributed by atoms with van der Waals surface area (Å²) < 4.78 is 33.9. The maximum atomic E-state index is 13.0. The average molecular weight is 490 g/mol. The number of hydrogen-bond acceptors (Lipinski definition) is 6. The third kappa shape index (κ3) is 5.79. The van der Waals surface area contributed by atoms with E-state index in [2.05, 4.69) is 10.0 Å². The van der Waals surface area contributed by atoms with Crippen LogP contribution < -0.4 is 14.8 Å². The summed E-state index contributed by atoms with van der Waals surface area (Å²) in [5.74, 6) is -0.228. The molecule has 172 valence electrons. The summed E-state index contributed by atoms with van der Waals surface area (Å²) in [5, 5.41) is 14.1. The highest BCUT2D eigenvalue weighted by Crippen LogP contribution is 2.31. The van der Waals surface area contributed by atoms with Gasteiger partial charge in [0.25, 0.3) is 21.6 Å². The summed E-state index contributed by atoms with van der Waals surface area (Å²) >= 11 is 5.94. The Labute approximate surface area is 195 Å². The van der Waals surface area contributed by atoms with Gasteiger partial charge in [-0.1, -0.05) is 23.7 Å². The van der Waals surface area contributed by atoms with E-state index >= 15 is 0 Å². The number of benzene rings is 3. The topological polar surface area (TPSA) is 128 Å². The van der Waals surface area contributed by atoms with Crippen LogP contribution in [-0.2, 0) is 10.0 Å². The van der Waals surface area contributed by atoms with Crippen molar-refractivity contribution in [3.05, 3.63) is 86.9 Å². The van der Waals surface area contributed by atoms with E-state index < -0.39 is 20.9 Å². The van der Waals surface area contributed by atoms with Crippen molar-refractivity contribution in [1.82, 2.24) is 0 Å². The first-order chi connectivity index (χ1) is 15.6. The number of aryl methyl sites for hydroxylation is 1. The number of nitrogens with zero attached hydrogens (tertiary/aromatic N) is 1. The van der Waals surface area contributed by atoms with Gasteiger partial charge < -0.3 is 10.1 Å². The zero-order valence-electron chi connectivity index (χ0n) is 17.7. The molecule has 0 aliphatic rings. The van der Waals surface area contributed by atoms with E-state index in [0.717, 1.165) is 6.07 Å². The van der Waals surface area contributed by atoms with Crippen molar-refractivity contribution in [2.24, 2.45) is 0 Å². The Balaban J connectivity index is 1.95. The van der Waals surface area contributed by atoms with Gasteiger partial charge in [0.05, 0.1) is 27.8 Å². The molecule has 1 amide bonds. The van der Waals surface area contributed by atoms with Gasteiger partial charge in [-0.2, -0.15) is 0 Å². The number of rotatable bonds is 8. The van der Waals surface area contributed by atoms with E-state index in [-0.39, 0.29) is 39.9 Å². The van der Waals surface area contributed by atoms with Crippen molar-refractivity contribution >= 4 is 44.6 Å². The number of sulfonamides is 1. The van der Waals surface area contributed by atoms with Crippen LogP contribution in [0.3, 0.4) is 0 Å². The van der Waals surface area contributed by atoms with E-state index in [1.807, 2.05) is 0 Å². The van der Waals surface area contributed by atoms with Gasteiger partial charge in [0, 0.05) is 22.7 Å². The summed E-state index contributed by atoms with van der Waals surface area (Å²) in [4.78, 5) is 22.9. The van der Waals surface area contributed by atoms with Crippen molar-refractivity contribution in [3.8, 4) is 5.75 Å². The van der Waals surface area contributed by atoms with Gasteiger partial charge in [0.15, 0.2) is 0 Å². The number of carbonyl (C=O) groups is 1. The van der Waals surface area contributed by atoms with Crippen molar-refractivity contribution < 1.29 is 22.9 Å². The van der Waals surface area contributed by atoms with Gasteiger partial charge in [0.2, 0.25) is 0 Å². The van der Waals surface area contributed by atoms with Crippen molar-refractivity contribution in [1.29, 1.82) is 0 Å². The zero-order chi connectivity index (χ0) is 24.2. The Morgan fingerprint density at radius 1 is 1.09 bits per heavy atom. The van der Waals surface area contributed by atoms with E-state index in [1.165, 1.54) is 36.4 Å². The molecule has 0 spiro atoms. The molecule has 0 bridgehead atoms. The molecule has 33 heavy (non-hydrogen) atoms. The lowest BCUT2D eigenvalue weighted by Gasteiger charge is -2.15. The van der Waals surface area contributed by atoms with Crippen LogP contribution in [0.1, 0.15) is 22.8 Å². The summed E-state index contributed by atoms with van der Waals surface area (Å²) in [6.45, 7) is 3.66. The SMILES string of the molecule is CCOc1ccc(S(=O)(=O)Nc2cc([N+](=O)[O-])ccc2C)cc1NC(=O)c1cccc(Cl)c1. The predicted molar refractivity (Wildman–Crippen MR) is 126 cm³/mol. The quantitative estimate of drug-likeness (QED) is 0.338. The lowest BCUT2D eigenvalue weighted by Crippen LogP contribution is -2.16. The van der Waals surface area contributed by atoms with Crippen LogP contribution in [0.15, 0.2) is 65.6 Å². The van der Waals surface area contributed by atoms with Crippen LogP contribution in [0.25, 0.3) is 0 Å². The van der Waals surface area contributed by atoms with Crippen LogP contribution >= 0.6 is 11.6 Å². The zero-order valence-corrected chi connectivity index (χ0v) is 19.2. The number of halogens is 1. The number of nitro groups is 1. The molecule has 0 aromatic heterocycles. The van der Waals surface area contributed by atoms with Gasteiger partial charge in [-0.15, -0.1) is 0 Å². The molecule has 3 aromatic rings. The van der Waals surface area contributed by atoms with Crippen molar-refractivity contribution in [2.75, 3.05) is 16.6 Å². The predicted octanol–water partition coefficient (Wildman–Crippen LogP) is 5.01. The average Bonchev–Trinajstić information content (AvgIpc) is 2.76. The molecule has 2 N–H and O–H groups in total. The third-order valence-corrected chi connectivity index (χ3v) is 6.17. The lowest BCUT2D eigenvalue weighted by atomic mass is 10.2. The number of non-ortho nitro benzene ring substituents is 1. The van der Waals surface area contributed by atoms with E-state index in [0.29, 0.717) is 10.6 Å². The highest BCUT2D eigenvalue weighted by atomic mass is 35.5. The van der Waals surface area contributed by atoms with Crippen LogP contribution in [0.5, 0.6) is 5.75 Å². The second-order valence-corrected chi connectivity index (χ2v) is 9.04. The van der Waals surface area contributed by atoms with Gasteiger partial charge in [-0.25, -0.2) is 8.42 Å². The van der Waals surface area contributed by atoms with Gasteiger partial charge >= 0.3 is 0 Å².